The first-order valence-electron chi connectivity index (χ1n) is 7.51. The second kappa shape index (κ2) is 9.12. The van der Waals surface area contributed by atoms with Crippen molar-refractivity contribution in [2.75, 3.05) is 27.7 Å². The third-order valence-corrected chi connectivity index (χ3v) is 3.34. The fourth-order valence-electron chi connectivity index (χ4n) is 2.24. The number of unbranched alkanes of at least 4 members (excludes halogenated alkanes) is 3. The van der Waals surface area contributed by atoms with Gasteiger partial charge in [-0.15, -0.1) is 0 Å². The first-order chi connectivity index (χ1) is 9.60. The lowest BCUT2D eigenvalue weighted by atomic mass is 9.91. The van der Waals surface area contributed by atoms with Gasteiger partial charge in [0.25, 0.3) is 0 Å². The maximum Gasteiger partial charge on any atom is 0.172 e. The highest BCUT2D eigenvalue weighted by molar-refractivity contribution is 6.00. The second-order valence-corrected chi connectivity index (χ2v) is 6.60. The molecule has 0 aliphatic rings. The molecule has 0 aliphatic carbocycles. The Morgan fingerprint density at radius 2 is 1.67 bits per heavy atom. The van der Waals surface area contributed by atoms with Gasteiger partial charge >= 0.3 is 0 Å². The molecule has 0 spiro atoms. The molecule has 0 aliphatic heterocycles. The highest BCUT2D eigenvalue weighted by Gasteiger charge is 2.35. The van der Waals surface area contributed by atoms with E-state index in [1.165, 1.54) is 0 Å². The smallest absolute Gasteiger partial charge is 0.172 e. The summed E-state index contributed by atoms with van der Waals surface area (Å²) in [5.41, 5.74) is 0. The van der Waals surface area contributed by atoms with Crippen LogP contribution >= 0.6 is 0 Å². The summed E-state index contributed by atoms with van der Waals surface area (Å²) in [5, 5.41) is 30.9. The Morgan fingerprint density at radius 1 is 1.10 bits per heavy atom. The normalized spacial score (nSPS) is 16.3. The molecule has 3 atom stereocenters. The number of rotatable bonds is 11. The zero-order valence-corrected chi connectivity index (χ0v) is 13.5. The third kappa shape index (κ3) is 8.14. The maximum absolute atomic E-state index is 12.0. The second-order valence-electron chi connectivity index (χ2n) is 6.60. The van der Waals surface area contributed by atoms with Crippen molar-refractivity contribution in [2.24, 2.45) is 5.92 Å². The topological polar surface area (TPSA) is 97.7 Å². The van der Waals surface area contributed by atoms with Crippen molar-refractivity contribution < 1.29 is 29.4 Å². The van der Waals surface area contributed by atoms with Crippen LogP contribution in [0, 0.1) is 5.92 Å². The van der Waals surface area contributed by atoms with E-state index in [1.807, 2.05) is 0 Å². The van der Waals surface area contributed by atoms with Crippen LogP contribution in [0.4, 0.5) is 0 Å². The van der Waals surface area contributed by atoms with Crippen LogP contribution in [0.25, 0.3) is 0 Å². The van der Waals surface area contributed by atoms with E-state index in [4.69, 9.17) is 0 Å². The van der Waals surface area contributed by atoms with Crippen LogP contribution in [0.5, 0.6) is 0 Å². The summed E-state index contributed by atoms with van der Waals surface area (Å²) in [6.07, 6.45) is 1.09. The van der Waals surface area contributed by atoms with E-state index < -0.39 is 29.9 Å². The van der Waals surface area contributed by atoms with Crippen molar-refractivity contribution in [1.82, 2.24) is 0 Å². The molecule has 0 fully saturated rings. The summed E-state index contributed by atoms with van der Waals surface area (Å²) >= 11 is 0. The number of carboxylic acid groups (broad SMARTS) is 1. The minimum Gasteiger partial charge on any atom is -0.549 e. The standard InChI is InChI=1S/C15H29NO5/c1-5-6-7-8-9-11(17)14(19)13(15(20)21)12(18)10-16(2,3)4/h11-13,17-18H,5-10H2,1-4H3. The van der Waals surface area contributed by atoms with Crippen molar-refractivity contribution in [3.05, 3.63) is 0 Å². The minimum absolute atomic E-state index is 0.0902. The molecule has 6 heteroatoms. The average Bonchev–Trinajstić information content (AvgIpc) is 2.31. The van der Waals surface area contributed by atoms with Crippen LogP contribution in [0.1, 0.15) is 39.0 Å². The lowest BCUT2D eigenvalue weighted by Crippen LogP contribution is -2.53. The van der Waals surface area contributed by atoms with Gasteiger partial charge < -0.3 is 24.6 Å². The van der Waals surface area contributed by atoms with Gasteiger partial charge in [-0.25, -0.2) is 0 Å². The Bertz CT molecular complexity index is 337. The van der Waals surface area contributed by atoms with Gasteiger partial charge in [-0.1, -0.05) is 32.6 Å². The van der Waals surface area contributed by atoms with Crippen molar-refractivity contribution in [3.8, 4) is 0 Å². The van der Waals surface area contributed by atoms with Gasteiger partial charge in [-0.3, -0.25) is 4.79 Å². The Hall–Kier alpha value is -0.980. The molecular weight excluding hydrogens is 274 g/mol. The lowest BCUT2D eigenvalue weighted by Gasteiger charge is -2.31. The number of ketones is 1. The van der Waals surface area contributed by atoms with Crippen LogP contribution in [0.3, 0.4) is 0 Å². The summed E-state index contributed by atoms with van der Waals surface area (Å²) in [6.45, 7) is 2.14. The molecule has 0 radical (unpaired) electrons. The summed E-state index contributed by atoms with van der Waals surface area (Å²) in [4.78, 5) is 23.2. The highest BCUT2D eigenvalue weighted by Crippen LogP contribution is 2.14. The number of aliphatic hydroxyl groups is 2. The molecule has 0 aromatic heterocycles. The van der Waals surface area contributed by atoms with Gasteiger partial charge in [-0.2, -0.15) is 0 Å². The predicted molar refractivity (Wildman–Crippen MR) is 77.2 cm³/mol. The molecule has 124 valence electrons. The first kappa shape index (κ1) is 20.0. The van der Waals surface area contributed by atoms with Gasteiger partial charge in [0, 0.05) is 0 Å². The molecule has 21 heavy (non-hydrogen) atoms. The number of carbonyl (C=O) groups is 2. The van der Waals surface area contributed by atoms with Crippen LogP contribution in [-0.2, 0) is 9.59 Å². The molecule has 0 aromatic rings. The Balaban J connectivity index is 4.64. The van der Waals surface area contributed by atoms with E-state index >= 15 is 0 Å². The van der Waals surface area contributed by atoms with Crippen molar-refractivity contribution in [2.45, 2.75) is 51.2 Å². The molecule has 0 aromatic carbocycles. The number of likely N-dealkylation sites (N-methyl/N-ethyl adjacent to an activating group) is 1. The molecule has 0 amide bonds. The molecule has 3 unspecified atom stereocenters. The number of aliphatic carboxylic acids is 1. The van der Waals surface area contributed by atoms with Gasteiger partial charge in [0.05, 0.1) is 33.0 Å². The van der Waals surface area contributed by atoms with Crippen LogP contribution in [0.15, 0.2) is 0 Å². The molecule has 0 saturated carbocycles. The van der Waals surface area contributed by atoms with Crippen molar-refractivity contribution in [3.63, 3.8) is 0 Å². The Morgan fingerprint density at radius 3 is 2.10 bits per heavy atom. The van der Waals surface area contributed by atoms with Gasteiger partial charge in [0.2, 0.25) is 0 Å². The molecular formula is C15H29NO5. The highest BCUT2D eigenvalue weighted by atomic mass is 16.4. The lowest BCUT2D eigenvalue weighted by molar-refractivity contribution is -0.873. The van der Waals surface area contributed by atoms with Gasteiger partial charge in [-0.05, 0) is 6.42 Å². The van der Waals surface area contributed by atoms with Gasteiger partial charge in [0.15, 0.2) is 5.78 Å². The molecule has 0 heterocycles. The van der Waals surface area contributed by atoms with Gasteiger partial charge in [0.1, 0.15) is 18.8 Å². The largest absolute Gasteiger partial charge is 0.549 e. The number of carbonyl (C=O) groups excluding carboxylic acids is 2. The zero-order valence-electron chi connectivity index (χ0n) is 13.5. The van der Waals surface area contributed by atoms with E-state index in [1.54, 1.807) is 21.1 Å². The molecule has 2 N–H and O–H groups in total. The average molecular weight is 303 g/mol. The van der Waals surface area contributed by atoms with Crippen LogP contribution in [0.2, 0.25) is 0 Å². The van der Waals surface area contributed by atoms with Crippen LogP contribution < -0.4 is 5.11 Å². The number of aliphatic hydroxyl groups excluding tert-OH is 2. The van der Waals surface area contributed by atoms with E-state index in [0.29, 0.717) is 10.9 Å². The summed E-state index contributed by atoms with van der Waals surface area (Å²) in [6, 6.07) is 0. The van der Waals surface area contributed by atoms with E-state index in [0.717, 1.165) is 19.3 Å². The molecule has 0 rings (SSSR count). The third-order valence-electron chi connectivity index (χ3n) is 3.34. The first-order valence-corrected chi connectivity index (χ1v) is 7.51. The quantitative estimate of drug-likeness (QED) is 0.299. The molecule has 0 saturated heterocycles. The number of Topliss-reactive ketones (excluding diaryl/α,β-unsaturated/α-hetero) is 1. The number of hydrogen-bond acceptors (Lipinski definition) is 5. The van der Waals surface area contributed by atoms with E-state index in [9.17, 15) is 24.9 Å². The fraction of sp³-hybridized carbons (Fsp3) is 0.867. The summed E-state index contributed by atoms with van der Waals surface area (Å²) in [5.74, 6) is -4.16. The molecule has 0 bridgehead atoms. The number of nitrogens with zero attached hydrogens (tertiary/aromatic N) is 1. The fourth-order valence-corrected chi connectivity index (χ4v) is 2.24. The number of carboxylic acids is 1. The SMILES string of the molecule is CCCCCCC(O)C(=O)C(C(=O)[O-])C(O)C[N+](C)(C)C. The van der Waals surface area contributed by atoms with E-state index in [-0.39, 0.29) is 13.0 Å². The maximum atomic E-state index is 12.0. The Kier molecular flexibility index (Phi) is 8.70. The number of quaternary nitrogens is 1. The predicted octanol–water partition coefficient (Wildman–Crippen LogP) is -0.680. The number of hydrogen-bond donors (Lipinski definition) is 2. The van der Waals surface area contributed by atoms with Crippen molar-refractivity contribution >= 4 is 11.8 Å². The molecule has 6 nitrogen and oxygen atoms in total. The summed E-state index contributed by atoms with van der Waals surface area (Å²) in [7, 11) is 5.34. The van der Waals surface area contributed by atoms with Crippen LogP contribution in [-0.4, -0.2) is 66.3 Å². The van der Waals surface area contributed by atoms with E-state index in [2.05, 4.69) is 6.92 Å². The van der Waals surface area contributed by atoms with Crippen molar-refractivity contribution in [1.29, 1.82) is 0 Å². The zero-order chi connectivity index (χ0) is 16.6. The monoisotopic (exact) mass is 303 g/mol. The Labute approximate surface area is 127 Å². The minimum atomic E-state index is -1.68. The summed E-state index contributed by atoms with van der Waals surface area (Å²) < 4.78 is 0.310.